The van der Waals surface area contributed by atoms with Crippen molar-refractivity contribution >= 4 is 35.0 Å². The maximum absolute atomic E-state index is 14.6. The molecular formula is C41H67N5O6S. The predicted octanol–water partition coefficient (Wildman–Crippen LogP) is 6.88. The van der Waals surface area contributed by atoms with Crippen LogP contribution in [0.3, 0.4) is 0 Å². The van der Waals surface area contributed by atoms with Gasteiger partial charge in [0.05, 0.1) is 12.0 Å². The summed E-state index contributed by atoms with van der Waals surface area (Å²) in [5.74, 6) is -1.88. The summed E-state index contributed by atoms with van der Waals surface area (Å²) in [6, 6.07) is 7.98. The first-order valence-corrected chi connectivity index (χ1v) is 20.5. The molecule has 1 unspecified atom stereocenters. The van der Waals surface area contributed by atoms with Gasteiger partial charge in [0, 0.05) is 37.0 Å². The maximum Gasteiger partial charge on any atom is 0.306 e. The Hall–Kier alpha value is -3.35. The van der Waals surface area contributed by atoms with E-state index in [0.717, 1.165) is 24.8 Å². The third-order valence-corrected chi connectivity index (χ3v) is 10.7. The zero-order valence-electron chi connectivity index (χ0n) is 33.8. The normalized spacial score (nSPS) is 15.6. The smallest absolute Gasteiger partial charge is 0.306 e. The summed E-state index contributed by atoms with van der Waals surface area (Å²) >= 11 is 1.35. The number of carbonyl (C=O) groups excluding carboxylic acids is 3. The fraction of sp³-hybridized carbons (Fsp3) is 0.683. The highest BCUT2D eigenvalue weighted by Gasteiger charge is 2.37. The molecule has 12 heteroatoms. The topological polar surface area (TPSA) is 150 Å². The van der Waals surface area contributed by atoms with Crippen molar-refractivity contribution in [3.63, 3.8) is 0 Å². The van der Waals surface area contributed by atoms with E-state index in [4.69, 9.17) is 9.72 Å². The molecule has 0 spiro atoms. The van der Waals surface area contributed by atoms with E-state index in [1.54, 1.807) is 19.4 Å². The highest BCUT2D eigenvalue weighted by atomic mass is 32.1. The second kappa shape index (κ2) is 23.4. The van der Waals surface area contributed by atoms with Gasteiger partial charge in [-0.15, -0.1) is 11.3 Å². The van der Waals surface area contributed by atoms with E-state index >= 15 is 0 Å². The zero-order valence-corrected chi connectivity index (χ0v) is 34.6. The number of nitrogens with one attached hydrogen (secondary N) is 3. The first-order chi connectivity index (χ1) is 25.2. The summed E-state index contributed by atoms with van der Waals surface area (Å²) in [5, 5.41) is 21.3. The van der Waals surface area contributed by atoms with Crippen LogP contribution < -0.4 is 16.0 Å². The molecule has 1 aromatic heterocycles. The van der Waals surface area contributed by atoms with Crippen molar-refractivity contribution in [3.05, 3.63) is 52.0 Å². The van der Waals surface area contributed by atoms with E-state index in [9.17, 15) is 24.3 Å². The number of nitrogens with zero attached hydrogens (tertiary/aromatic N) is 2. The molecule has 53 heavy (non-hydrogen) atoms. The van der Waals surface area contributed by atoms with E-state index < -0.39 is 36.1 Å². The molecule has 7 atom stereocenters. The van der Waals surface area contributed by atoms with Crippen LogP contribution >= 0.6 is 11.3 Å². The number of benzene rings is 1. The standard InChI is InChI=1S/C41H67N5O6S/c1-11-19-46(40(49)36(28(8)13-3)45-37(47)32(42-10)21-26(4)5)34(27(6)7)24-35(52-20-12-2)39-44-33(25-53-39)38(48)43-31(22-29(9)41(50)51)23-30-17-15-14-16-18-30/h14-18,25-29,31-32,34-36,42H,11-13,19-24H2,1-10H3,(H,43,48)(H,45,47)(H,50,51)/t28-,29-,31?,32-,34+,35+,36-/m0/s1. The number of rotatable bonds is 25. The molecule has 0 aliphatic heterocycles. The Morgan fingerprint density at radius 1 is 0.925 bits per heavy atom. The molecule has 1 heterocycles. The number of thiazole rings is 1. The van der Waals surface area contributed by atoms with Crippen molar-refractivity contribution in [2.45, 2.75) is 138 Å². The molecule has 3 amide bonds. The Morgan fingerprint density at radius 2 is 1.60 bits per heavy atom. The molecule has 298 valence electrons. The number of aliphatic carboxylic acids is 1. The predicted molar refractivity (Wildman–Crippen MR) is 213 cm³/mol. The highest BCUT2D eigenvalue weighted by molar-refractivity contribution is 7.09. The number of ether oxygens (including phenoxy) is 1. The quantitative estimate of drug-likeness (QED) is 0.0857. The number of amides is 3. The summed E-state index contributed by atoms with van der Waals surface area (Å²) in [5.41, 5.74) is 1.25. The molecule has 0 aliphatic carbocycles. The molecular weight excluding hydrogens is 691 g/mol. The monoisotopic (exact) mass is 757 g/mol. The molecule has 11 nitrogen and oxygen atoms in total. The highest BCUT2D eigenvalue weighted by Crippen LogP contribution is 2.32. The lowest BCUT2D eigenvalue weighted by Crippen LogP contribution is -2.58. The van der Waals surface area contributed by atoms with Crippen molar-refractivity contribution in [1.82, 2.24) is 25.8 Å². The van der Waals surface area contributed by atoms with Crippen LogP contribution in [-0.4, -0.2) is 83.0 Å². The molecule has 4 N–H and O–H groups in total. The van der Waals surface area contributed by atoms with Crippen LogP contribution in [0.2, 0.25) is 0 Å². The van der Waals surface area contributed by atoms with Gasteiger partial charge in [0.15, 0.2) is 0 Å². The van der Waals surface area contributed by atoms with Crippen LogP contribution in [0.5, 0.6) is 0 Å². The van der Waals surface area contributed by atoms with Gasteiger partial charge in [0.2, 0.25) is 11.8 Å². The van der Waals surface area contributed by atoms with Crippen LogP contribution in [-0.2, 0) is 25.5 Å². The van der Waals surface area contributed by atoms with Gasteiger partial charge in [-0.2, -0.15) is 0 Å². The maximum atomic E-state index is 14.6. The van der Waals surface area contributed by atoms with Gasteiger partial charge >= 0.3 is 5.97 Å². The minimum absolute atomic E-state index is 0.0650. The van der Waals surface area contributed by atoms with Gasteiger partial charge in [-0.3, -0.25) is 19.2 Å². The second-order valence-electron chi connectivity index (χ2n) is 15.2. The molecule has 0 aliphatic rings. The summed E-state index contributed by atoms with van der Waals surface area (Å²) in [7, 11) is 1.78. The van der Waals surface area contributed by atoms with Crippen molar-refractivity contribution in [3.8, 4) is 0 Å². The first-order valence-electron chi connectivity index (χ1n) is 19.6. The molecule has 0 bridgehead atoms. The molecule has 1 aromatic carbocycles. The summed E-state index contributed by atoms with van der Waals surface area (Å²) in [6.07, 6.45) is 3.69. The van der Waals surface area contributed by atoms with Crippen molar-refractivity contribution in [2.24, 2.45) is 23.7 Å². The molecule has 2 rings (SSSR count). The van der Waals surface area contributed by atoms with Crippen molar-refractivity contribution in [2.75, 3.05) is 20.2 Å². The van der Waals surface area contributed by atoms with Gasteiger partial charge in [-0.1, -0.05) is 99.1 Å². The third kappa shape index (κ3) is 14.8. The van der Waals surface area contributed by atoms with Crippen LogP contribution in [0.15, 0.2) is 35.7 Å². The van der Waals surface area contributed by atoms with Gasteiger partial charge in [0.1, 0.15) is 22.8 Å². The Bertz CT molecular complexity index is 1400. The molecule has 0 saturated heterocycles. The summed E-state index contributed by atoms with van der Waals surface area (Å²) in [6.45, 7) is 19.1. The first kappa shape index (κ1) is 45.8. The van der Waals surface area contributed by atoms with Gasteiger partial charge in [-0.25, -0.2) is 4.98 Å². The van der Waals surface area contributed by atoms with E-state index in [-0.39, 0.29) is 47.7 Å². The van der Waals surface area contributed by atoms with E-state index in [1.807, 2.05) is 62.9 Å². The SMILES string of the molecule is CCCO[C@H](C[C@H](C(C)C)N(CCC)C(=O)[C@@H](NC(=O)[C@H](CC(C)C)NC)[C@@H](C)CC)c1nc(C(=O)NC(Cc2ccccc2)C[C@H](C)C(=O)O)cs1. The zero-order chi connectivity index (χ0) is 39.7. The summed E-state index contributed by atoms with van der Waals surface area (Å²) < 4.78 is 6.41. The number of likely N-dealkylation sites (N-methyl/N-ethyl adjacent to an activating group) is 1. The number of carboxylic acid groups (broad SMARTS) is 1. The Labute approximate surface area is 322 Å². The summed E-state index contributed by atoms with van der Waals surface area (Å²) in [4.78, 5) is 60.0. The van der Waals surface area contributed by atoms with Gasteiger partial charge in [-0.05, 0) is 62.5 Å². The lowest BCUT2D eigenvalue weighted by atomic mass is 9.92. The molecule has 0 radical (unpaired) electrons. The Morgan fingerprint density at radius 3 is 2.15 bits per heavy atom. The van der Waals surface area contributed by atoms with Crippen molar-refractivity contribution < 1.29 is 29.0 Å². The third-order valence-electron chi connectivity index (χ3n) is 9.79. The molecule has 0 saturated carbocycles. The van der Waals surface area contributed by atoms with E-state index in [2.05, 4.69) is 43.6 Å². The fourth-order valence-electron chi connectivity index (χ4n) is 6.52. The number of aromatic nitrogens is 1. The minimum Gasteiger partial charge on any atom is -0.481 e. The van der Waals surface area contributed by atoms with Gasteiger partial charge < -0.3 is 30.7 Å². The number of hydrogen-bond donors (Lipinski definition) is 4. The Balaban J connectivity index is 2.40. The van der Waals surface area contributed by atoms with Crippen molar-refractivity contribution in [1.29, 1.82) is 0 Å². The van der Waals surface area contributed by atoms with E-state index in [1.165, 1.54) is 11.3 Å². The number of carbonyl (C=O) groups is 4. The van der Waals surface area contributed by atoms with E-state index in [0.29, 0.717) is 43.3 Å². The second-order valence-corrected chi connectivity index (χ2v) is 16.1. The molecule has 2 aromatic rings. The Kier molecular flexibility index (Phi) is 20.3. The average Bonchev–Trinajstić information content (AvgIpc) is 3.62. The lowest BCUT2D eigenvalue weighted by Gasteiger charge is -2.39. The van der Waals surface area contributed by atoms with Crippen LogP contribution in [0.4, 0.5) is 0 Å². The number of hydrogen-bond acceptors (Lipinski definition) is 8. The van der Waals surface area contributed by atoms with Crippen LogP contribution in [0, 0.1) is 23.7 Å². The average molecular weight is 758 g/mol. The van der Waals surface area contributed by atoms with Crippen LogP contribution in [0.25, 0.3) is 0 Å². The van der Waals surface area contributed by atoms with Crippen LogP contribution in [0.1, 0.15) is 128 Å². The largest absolute Gasteiger partial charge is 0.481 e. The number of carboxylic acids is 1. The minimum atomic E-state index is -0.911. The fourth-order valence-corrected chi connectivity index (χ4v) is 7.38. The molecule has 0 fully saturated rings. The lowest BCUT2D eigenvalue weighted by molar-refractivity contribution is -0.142. The van der Waals surface area contributed by atoms with Gasteiger partial charge in [0.25, 0.3) is 5.91 Å².